The van der Waals surface area contributed by atoms with E-state index in [4.69, 9.17) is 0 Å². The van der Waals surface area contributed by atoms with Crippen molar-refractivity contribution in [3.05, 3.63) is 23.8 Å². The Morgan fingerprint density at radius 1 is 1.15 bits per heavy atom. The van der Waals surface area contributed by atoms with Crippen molar-refractivity contribution in [1.29, 1.82) is 0 Å². The van der Waals surface area contributed by atoms with Crippen LogP contribution in [0.5, 0.6) is 0 Å². The van der Waals surface area contributed by atoms with Crippen LogP contribution in [-0.4, -0.2) is 38.4 Å². The molecular weight excluding hydrogens is 348 g/mol. The molecule has 2 heterocycles. The van der Waals surface area contributed by atoms with E-state index in [1.807, 2.05) is 4.90 Å². The average Bonchev–Trinajstić information content (AvgIpc) is 3.41. The number of benzene rings is 1. The number of hydrogen-bond donors (Lipinski definition) is 1. The first-order valence-electron chi connectivity index (χ1n) is 9.81. The van der Waals surface area contributed by atoms with Crippen LogP contribution >= 0.6 is 0 Å². The molecule has 26 heavy (non-hydrogen) atoms. The maximum Gasteiger partial charge on any atom is 0.227 e. The van der Waals surface area contributed by atoms with E-state index in [0.29, 0.717) is 29.8 Å². The highest BCUT2D eigenvalue weighted by Crippen LogP contribution is 2.36. The maximum absolute atomic E-state index is 12.3. The maximum atomic E-state index is 12.3. The topological polar surface area (TPSA) is 66.5 Å². The summed E-state index contributed by atoms with van der Waals surface area (Å²) in [5, 5.41) is 3.57. The molecule has 6 heteroatoms. The summed E-state index contributed by atoms with van der Waals surface area (Å²) in [7, 11) is -2.82. The van der Waals surface area contributed by atoms with Crippen LogP contribution in [0.3, 0.4) is 0 Å². The molecule has 1 aromatic rings. The summed E-state index contributed by atoms with van der Waals surface area (Å²) in [4.78, 5) is 14.3. The first-order chi connectivity index (χ1) is 12.4. The number of nitrogens with one attached hydrogen (secondary N) is 1. The Balaban J connectivity index is 1.44. The molecule has 1 N–H and O–H groups in total. The van der Waals surface area contributed by atoms with E-state index in [2.05, 4.69) is 30.4 Å². The van der Waals surface area contributed by atoms with Gasteiger partial charge in [-0.05, 0) is 74.6 Å². The molecule has 1 amide bonds. The van der Waals surface area contributed by atoms with Gasteiger partial charge in [-0.25, -0.2) is 8.42 Å². The van der Waals surface area contributed by atoms with Crippen LogP contribution in [0.15, 0.2) is 18.2 Å². The van der Waals surface area contributed by atoms with E-state index in [9.17, 15) is 13.2 Å². The zero-order chi connectivity index (χ0) is 18.3. The molecule has 1 atom stereocenters. The molecule has 1 saturated heterocycles. The third-order valence-electron chi connectivity index (χ3n) is 6.12. The second-order valence-corrected chi connectivity index (χ2v) is 10.5. The second-order valence-electron chi connectivity index (χ2n) is 8.21. The highest BCUT2D eigenvalue weighted by Gasteiger charge is 2.31. The first-order valence-corrected chi connectivity index (χ1v) is 11.6. The first kappa shape index (κ1) is 17.8. The van der Waals surface area contributed by atoms with Gasteiger partial charge in [0.2, 0.25) is 5.91 Å². The molecule has 5 nitrogen and oxygen atoms in total. The summed E-state index contributed by atoms with van der Waals surface area (Å²) in [6, 6.07) is 6.57. The molecule has 1 aliphatic carbocycles. The fourth-order valence-electron chi connectivity index (χ4n) is 4.20. The summed E-state index contributed by atoms with van der Waals surface area (Å²) in [5.74, 6) is 1.95. The van der Waals surface area contributed by atoms with Gasteiger partial charge in [0.1, 0.15) is 9.84 Å². The number of aryl methyl sites for hydroxylation is 1. The Kier molecular flexibility index (Phi) is 4.71. The molecule has 1 saturated carbocycles. The number of rotatable bonds is 5. The molecule has 2 aliphatic heterocycles. The van der Waals surface area contributed by atoms with Gasteiger partial charge in [0.25, 0.3) is 0 Å². The van der Waals surface area contributed by atoms with Crippen LogP contribution in [0.25, 0.3) is 0 Å². The van der Waals surface area contributed by atoms with Crippen molar-refractivity contribution in [2.75, 3.05) is 28.3 Å². The van der Waals surface area contributed by atoms with E-state index in [0.717, 1.165) is 37.2 Å². The Labute approximate surface area is 156 Å². The van der Waals surface area contributed by atoms with E-state index in [1.54, 1.807) is 0 Å². The van der Waals surface area contributed by atoms with Crippen molar-refractivity contribution in [3.8, 4) is 0 Å². The van der Waals surface area contributed by atoms with E-state index < -0.39 is 9.84 Å². The number of amides is 1. The summed E-state index contributed by atoms with van der Waals surface area (Å²) in [5.41, 5.74) is 3.40. The zero-order valence-electron chi connectivity index (χ0n) is 15.4. The van der Waals surface area contributed by atoms with Crippen molar-refractivity contribution in [1.82, 2.24) is 0 Å². The number of carbonyl (C=O) groups is 1. The summed E-state index contributed by atoms with van der Waals surface area (Å²) in [6.45, 7) is 3.01. The van der Waals surface area contributed by atoms with Gasteiger partial charge in [-0.2, -0.15) is 0 Å². The number of fused-ring (bicyclic) bond motifs is 1. The standard InChI is InChI=1S/C20H28N2O3S/c1-14(16-8-10-26(24,25)11-9-16)21-18-5-6-19-17(12-18)4-7-20(23)22(19)13-15-2-3-15/h5-6,12,14-16,21H,2-4,7-11,13H2,1H3. The molecule has 0 bridgehead atoms. The SMILES string of the molecule is CC(Nc1ccc2c(c1)CCC(=O)N2CC1CC1)C1CCS(=O)(=O)CC1. The predicted molar refractivity (Wildman–Crippen MR) is 104 cm³/mol. The van der Waals surface area contributed by atoms with Gasteiger partial charge in [-0.3, -0.25) is 4.79 Å². The Hall–Kier alpha value is -1.56. The van der Waals surface area contributed by atoms with Crippen LogP contribution < -0.4 is 10.2 Å². The molecule has 4 rings (SSSR count). The molecule has 1 aromatic carbocycles. The fourth-order valence-corrected chi connectivity index (χ4v) is 5.73. The quantitative estimate of drug-likeness (QED) is 0.858. The Bertz CT molecular complexity index is 787. The largest absolute Gasteiger partial charge is 0.382 e. The van der Waals surface area contributed by atoms with Gasteiger partial charge < -0.3 is 10.2 Å². The average molecular weight is 377 g/mol. The van der Waals surface area contributed by atoms with Crippen molar-refractivity contribution < 1.29 is 13.2 Å². The fraction of sp³-hybridized carbons (Fsp3) is 0.650. The third-order valence-corrected chi connectivity index (χ3v) is 7.83. The minimum atomic E-state index is -2.82. The summed E-state index contributed by atoms with van der Waals surface area (Å²) in [6.07, 6.45) is 5.37. The second kappa shape index (κ2) is 6.87. The van der Waals surface area contributed by atoms with Gasteiger partial charge in [0.15, 0.2) is 0 Å². The van der Waals surface area contributed by atoms with Gasteiger partial charge in [-0.1, -0.05) is 0 Å². The lowest BCUT2D eigenvalue weighted by molar-refractivity contribution is -0.118. The molecule has 0 aromatic heterocycles. The smallest absolute Gasteiger partial charge is 0.227 e. The monoisotopic (exact) mass is 376 g/mol. The predicted octanol–water partition coefficient (Wildman–Crippen LogP) is 3.00. The molecule has 3 aliphatic rings. The van der Waals surface area contributed by atoms with E-state index in [1.165, 1.54) is 18.4 Å². The Morgan fingerprint density at radius 2 is 1.88 bits per heavy atom. The summed E-state index contributed by atoms with van der Waals surface area (Å²) < 4.78 is 23.2. The molecule has 1 unspecified atom stereocenters. The zero-order valence-corrected chi connectivity index (χ0v) is 16.2. The van der Waals surface area contributed by atoms with Crippen LogP contribution in [0.2, 0.25) is 0 Å². The minimum Gasteiger partial charge on any atom is -0.382 e. The van der Waals surface area contributed by atoms with Crippen LogP contribution in [-0.2, 0) is 21.1 Å². The van der Waals surface area contributed by atoms with Crippen molar-refractivity contribution in [2.24, 2.45) is 11.8 Å². The van der Waals surface area contributed by atoms with Crippen molar-refractivity contribution >= 4 is 27.1 Å². The number of nitrogens with zero attached hydrogens (tertiary/aromatic N) is 1. The lowest BCUT2D eigenvalue weighted by Gasteiger charge is -2.31. The molecule has 2 fully saturated rings. The number of sulfone groups is 1. The van der Waals surface area contributed by atoms with Crippen LogP contribution in [0.1, 0.15) is 44.6 Å². The highest BCUT2D eigenvalue weighted by molar-refractivity contribution is 7.91. The normalized spacial score (nSPS) is 24.2. The van der Waals surface area contributed by atoms with Crippen LogP contribution in [0.4, 0.5) is 11.4 Å². The molecule has 0 spiro atoms. The number of anilines is 2. The Morgan fingerprint density at radius 3 is 2.58 bits per heavy atom. The molecule has 142 valence electrons. The van der Waals surface area contributed by atoms with Gasteiger partial charge in [-0.15, -0.1) is 0 Å². The minimum absolute atomic E-state index is 0.247. The van der Waals surface area contributed by atoms with Crippen molar-refractivity contribution in [3.63, 3.8) is 0 Å². The lowest BCUT2D eigenvalue weighted by Crippen LogP contribution is -2.37. The van der Waals surface area contributed by atoms with Crippen LogP contribution in [0, 0.1) is 11.8 Å². The van der Waals surface area contributed by atoms with E-state index >= 15 is 0 Å². The highest BCUT2D eigenvalue weighted by atomic mass is 32.2. The number of hydrogen-bond acceptors (Lipinski definition) is 4. The third kappa shape index (κ3) is 3.90. The molecular formula is C20H28N2O3S. The van der Waals surface area contributed by atoms with E-state index in [-0.39, 0.29) is 11.9 Å². The summed E-state index contributed by atoms with van der Waals surface area (Å²) >= 11 is 0. The number of carbonyl (C=O) groups excluding carboxylic acids is 1. The van der Waals surface area contributed by atoms with Crippen molar-refractivity contribution in [2.45, 2.75) is 51.5 Å². The molecule has 0 radical (unpaired) electrons. The van der Waals surface area contributed by atoms with Gasteiger partial charge >= 0.3 is 0 Å². The van der Waals surface area contributed by atoms with Gasteiger partial charge in [0.05, 0.1) is 11.5 Å². The lowest BCUT2D eigenvalue weighted by atomic mass is 9.94. The van der Waals surface area contributed by atoms with Gasteiger partial charge in [0, 0.05) is 30.4 Å².